The normalized spacial score (nSPS) is 11.9. The third-order valence-corrected chi connectivity index (χ3v) is 2.78. The number of carboxylic acid groups (broad SMARTS) is 1. The van der Waals surface area contributed by atoms with Crippen molar-refractivity contribution in [2.24, 2.45) is 0 Å². The lowest BCUT2D eigenvalue weighted by Crippen LogP contribution is -2.33. The van der Waals surface area contributed by atoms with Gasteiger partial charge in [0.25, 0.3) is 5.69 Å². The summed E-state index contributed by atoms with van der Waals surface area (Å²) in [5.41, 5.74) is -0.169. The molecule has 1 atom stereocenters. The summed E-state index contributed by atoms with van der Waals surface area (Å²) in [5.74, 6) is -1.16. The molecule has 0 aromatic heterocycles. The molecule has 0 aliphatic carbocycles. The maximum absolute atomic E-state index is 11.0. The summed E-state index contributed by atoms with van der Waals surface area (Å²) >= 11 is 11.7. The molecule has 104 valence electrons. The van der Waals surface area contributed by atoms with Gasteiger partial charge >= 0.3 is 5.97 Å². The number of hydrogen-bond acceptors (Lipinski definition) is 5. The maximum Gasteiger partial charge on any atom is 0.328 e. The number of nitrogens with zero attached hydrogens (tertiary/aromatic N) is 1. The van der Waals surface area contributed by atoms with E-state index in [9.17, 15) is 14.9 Å². The lowest BCUT2D eigenvalue weighted by molar-refractivity contribution is -0.384. The first-order valence-electron chi connectivity index (χ1n) is 4.98. The highest BCUT2D eigenvalue weighted by molar-refractivity contribution is 6.39. The zero-order chi connectivity index (χ0) is 14.6. The van der Waals surface area contributed by atoms with Gasteiger partial charge < -0.3 is 15.2 Å². The average Bonchev–Trinajstić information content (AvgIpc) is 2.31. The zero-order valence-electron chi connectivity index (χ0n) is 9.72. The molecule has 1 unspecified atom stereocenters. The number of hydrogen-bond donors (Lipinski definition) is 2. The molecule has 0 heterocycles. The van der Waals surface area contributed by atoms with Crippen LogP contribution in [-0.4, -0.2) is 35.8 Å². The van der Waals surface area contributed by atoms with Crippen molar-refractivity contribution in [2.45, 2.75) is 6.04 Å². The first-order valence-corrected chi connectivity index (χ1v) is 5.74. The van der Waals surface area contributed by atoms with Gasteiger partial charge in [0.05, 0.1) is 27.3 Å². The van der Waals surface area contributed by atoms with Crippen molar-refractivity contribution < 1.29 is 19.6 Å². The molecule has 0 aliphatic heterocycles. The molecule has 9 heteroatoms. The van der Waals surface area contributed by atoms with Crippen LogP contribution in [0.3, 0.4) is 0 Å². The number of rotatable bonds is 6. The maximum atomic E-state index is 11.0. The Hall–Kier alpha value is -1.57. The lowest BCUT2D eigenvalue weighted by Gasteiger charge is -2.16. The first kappa shape index (κ1) is 15.5. The van der Waals surface area contributed by atoms with E-state index in [0.29, 0.717) is 0 Å². The second-order valence-corrected chi connectivity index (χ2v) is 4.35. The number of nitro benzene ring substituents is 1. The monoisotopic (exact) mass is 308 g/mol. The minimum atomic E-state index is -1.16. The third kappa shape index (κ3) is 3.95. The number of anilines is 1. The van der Waals surface area contributed by atoms with Gasteiger partial charge in [-0.2, -0.15) is 0 Å². The highest BCUT2D eigenvalue weighted by atomic mass is 35.5. The average molecular weight is 309 g/mol. The van der Waals surface area contributed by atoms with E-state index in [1.165, 1.54) is 7.11 Å². The molecule has 1 aromatic rings. The van der Waals surface area contributed by atoms with E-state index in [0.717, 1.165) is 12.1 Å². The molecule has 0 amide bonds. The van der Waals surface area contributed by atoms with Crippen LogP contribution >= 0.6 is 23.2 Å². The van der Waals surface area contributed by atoms with Crippen LogP contribution in [0.25, 0.3) is 0 Å². The SMILES string of the molecule is COCC(Nc1c(Cl)cc([N+](=O)[O-])cc1Cl)C(=O)O. The van der Waals surface area contributed by atoms with Crippen LogP contribution in [0, 0.1) is 10.1 Å². The summed E-state index contributed by atoms with van der Waals surface area (Å²) in [4.78, 5) is 20.9. The summed E-state index contributed by atoms with van der Waals surface area (Å²) in [6, 6.07) is 1.10. The van der Waals surface area contributed by atoms with Gasteiger partial charge in [-0.1, -0.05) is 23.2 Å². The zero-order valence-corrected chi connectivity index (χ0v) is 11.2. The van der Waals surface area contributed by atoms with Crippen LogP contribution in [0.2, 0.25) is 10.0 Å². The van der Waals surface area contributed by atoms with Crippen LogP contribution in [0.4, 0.5) is 11.4 Å². The van der Waals surface area contributed by atoms with Crippen LogP contribution in [-0.2, 0) is 9.53 Å². The Bertz CT molecular complexity index is 486. The highest BCUT2D eigenvalue weighted by Crippen LogP contribution is 2.35. The Labute approximate surface area is 118 Å². The van der Waals surface area contributed by atoms with Gasteiger partial charge in [-0.3, -0.25) is 10.1 Å². The molecule has 1 rings (SSSR count). The fourth-order valence-electron chi connectivity index (χ4n) is 1.32. The molecule has 0 saturated carbocycles. The first-order chi connectivity index (χ1) is 8.86. The van der Waals surface area contributed by atoms with Gasteiger partial charge in [0.2, 0.25) is 0 Å². The van der Waals surface area contributed by atoms with Crippen LogP contribution in [0.15, 0.2) is 12.1 Å². The summed E-state index contributed by atoms with van der Waals surface area (Å²) < 4.78 is 4.74. The Morgan fingerprint density at radius 1 is 1.53 bits per heavy atom. The van der Waals surface area contributed by atoms with Crippen molar-refractivity contribution in [3.63, 3.8) is 0 Å². The number of carbonyl (C=O) groups is 1. The molecule has 0 aliphatic rings. The van der Waals surface area contributed by atoms with E-state index in [-0.39, 0.29) is 28.0 Å². The van der Waals surface area contributed by atoms with Gasteiger partial charge in [0, 0.05) is 19.2 Å². The van der Waals surface area contributed by atoms with Crippen molar-refractivity contribution in [1.82, 2.24) is 0 Å². The topological polar surface area (TPSA) is 102 Å². The molecule has 2 N–H and O–H groups in total. The van der Waals surface area contributed by atoms with Crippen LogP contribution < -0.4 is 5.32 Å². The minimum absolute atomic E-state index is 0.0402. The Balaban J connectivity index is 3.07. The Morgan fingerprint density at radius 2 is 2.05 bits per heavy atom. The largest absolute Gasteiger partial charge is 0.480 e. The van der Waals surface area contributed by atoms with E-state index in [2.05, 4.69) is 5.32 Å². The smallest absolute Gasteiger partial charge is 0.328 e. The molecular formula is C10H10Cl2N2O5. The minimum Gasteiger partial charge on any atom is -0.480 e. The molecule has 0 fully saturated rings. The second-order valence-electron chi connectivity index (χ2n) is 3.53. The standard InChI is InChI=1S/C10H10Cl2N2O5/c1-19-4-8(10(15)16)13-9-6(11)2-5(14(17)18)3-7(9)12/h2-3,8,13H,4H2,1H3,(H,15,16). The third-order valence-electron chi connectivity index (χ3n) is 2.19. The van der Waals surface area contributed by atoms with Crippen LogP contribution in [0.1, 0.15) is 0 Å². The van der Waals surface area contributed by atoms with Crippen molar-refractivity contribution in [1.29, 1.82) is 0 Å². The number of nitrogens with one attached hydrogen (secondary N) is 1. The van der Waals surface area contributed by atoms with Gasteiger partial charge in [0.15, 0.2) is 0 Å². The number of halogens is 2. The van der Waals surface area contributed by atoms with E-state index < -0.39 is 16.9 Å². The molecule has 19 heavy (non-hydrogen) atoms. The lowest BCUT2D eigenvalue weighted by atomic mass is 10.2. The van der Waals surface area contributed by atoms with Gasteiger partial charge in [-0.15, -0.1) is 0 Å². The van der Waals surface area contributed by atoms with Crippen molar-refractivity contribution in [3.8, 4) is 0 Å². The highest BCUT2D eigenvalue weighted by Gasteiger charge is 2.21. The number of aliphatic carboxylic acids is 1. The Kier molecular flexibility index (Phi) is 5.34. The van der Waals surface area contributed by atoms with E-state index in [1.807, 2.05) is 0 Å². The number of carboxylic acids is 1. The number of methoxy groups -OCH3 is 1. The van der Waals surface area contributed by atoms with E-state index >= 15 is 0 Å². The van der Waals surface area contributed by atoms with E-state index in [1.54, 1.807) is 0 Å². The molecular weight excluding hydrogens is 299 g/mol. The summed E-state index contributed by atoms with van der Waals surface area (Å²) in [7, 11) is 1.34. The number of nitro groups is 1. The predicted molar refractivity (Wildman–Crippen MR) is 70.0 cm³/mol. The number of non-ortho nitro benzene ring substituents is 1. The summed E-state index contributed by atoms with van der Waals surface area (Å²) in [5, 5.41) is 22.0. The number of benzene rings is 1. The van der Waals surface area contributed by atoms with Crippen molar-refractivity contribution >= 4 is 40.5 Å². The van der Waals surface area contributed by atoms with Crippen molar-refractivity contribution in [3.05, 3.63) is 32.3 Å². The molecule has 0 spiro atoms. The molecule has 1 aromatic carbocycles. The molecule has 0 radical (unpaired) electrons. The fraction of sp³-hybridized carbons (Fsp3) is 0.300. The predicted octanol–water partition coefficient (Wildman–Crippen LogP) is 2.41. The van der Waals surface area contributed by atoms with E-state index in [4.69, 9.17) is 33.0 Å². The fourth-order valence-corrected chi connectivity index (χ4v) is 1.90. The van der Waals surface area contributed by atoms with Crippen LogP contribution in [0.5, 0.6) is 0 Å². The summed E-state index contributed by atoms with van der Waals surface area (Å²) in [6.45, 7) is -0.112. The van der Waals surface area contributed by atoms with Gasteiger partial charge in [-0.05, 0) is 0 Å². The quantitative estimate of drug-likeness (QED) is 0.618. The summed E-state index contributed by atoms with van der Waals surface area (Å²) in [6.07, 6.45) is 0. The van der Waals surface area contributed by atoms with Gasteiger partial charge in [-0.25, -0.2) is 4.79 Å². The molecule has 0 bridgehead atoms. The number of ether oxygens (including phenoxy) is 1. The van der Waals surface area contributed by atoms with Gasteiger partial charge in [0.1, 0.15) is 6.04 Å². The molecule has 0 saturated heterocycles. The molecule has 7 nitrogen and oxygen atoms in total. The Morgan fingerprint density at radius 3 is 2.42 bits per heavy atom. The van der Waals surface area contributed by atoms with Crippen molar-refractivity contribution in [2.75, 3.05) is 19.0 Å². The second kappa shape index (κ2) is 6.55.